The minimum absolute atomic E-state index is 0. The van der Waals surface area contributed by atoms with Crippen molar-refractivity contribution in [2.75, 3.05) is 6.61 Å². The van der Waals surface area contributed by atoms with Crippen molar-refractivity contribution in [2.45, 2.75) is 13.0 Å². The van der Waals surface area contributed by atoms with Crippen molar-refractivity contribution in [2.24, 2.45) is 5.73 Å². The normalized spacial score (nSPS) is 11.5. The van der Waals surface area contributed by atoms with Gasteiger partial charge in [-0.2, -0.15) is 0 Å². The van der Waals surface area contributed by atoms with Crippen LogP contribution in [-0.2, 0) is 0 Å². The van der Waals surface area contributed by atoms with E-state index < -0.39 is 7.12 Å². The van der Waals surface area contributed by atoms with Gasteiger partial charge in [0.15, 0.2) is 0 Å². The van der Waals surface area contributed by atoms with Gasteiger partial charge in [0.25, 0.3) is 0 Å². The van der Waals surface area contributed by atoms with E-state index in [1.807, 2.05) is 6.92 Å². The van der Waals surface area contributed by atoms with Crippen LogP contribution in [0.25, 0.3) is 0 Å². The zero-order valence-corrected chi connectivity index (χ0v) is 9.28. The van der Waals surface area contributed by atoms with E-state index >= 15 is 0 Å². The predicted molar refractivity (Wildman–Crippen MR) is 62.7 cm³/mol. The van der Waals surface area contributed by atoms with Gasteiger partial charge < -0.3 is 20.5 Å². The molecule has 0 aliphatic heterocycles. The molecule has 0 bridgehead atoms. The number of rotatable bonds is 4. The van der Waals surface area contributed by atoms with Crippen molar-refractivity contribution in [3.63, 3.8) is 0 Å². The van der Waals surface area contributed by atoms with E-state index in [2.05, 4.69) is 0 Å². The van der Waals surface area contributed by atoms with Crippen LogP contribution in [0.3, 0.4) is 0 Å². The molecule has 0 radical (unpaired) electrons. The zero-order valence-electron chi connectivity index (χ0n) is 8.46. The molecule has 1 rings (SSSR count). The lowest BCUT2D eigenvalue weighted by Crippen LogP contribution is -2.29. The van der Waals surface area contributed by atoms with Gasteiger partial charge in [-0.3, -0.25) is 0 Å². The fourth-order valence-corrected chi connectivity index (χ4v) is 0.964. The Hall–Kier alpha value is -0.745. The Morgan fingerprint density at radius 2 is 1.87 bits per heavy atom. The first-order valence-corrected chi connectivity index (χ1v) is 4.44. The standard InChI is InChI=1S/C9H14BNO3.ClH/c1-7(11)6-14-9-4-2-8(3-5-9)10(12)13;/h2-5,7,12-13H,6,11H2,1H3;1H. The number of hydrogen-bond acceptors (Lipinski definition) is 4. The predicted octanol–water partition coefficient (Wildman–Crippen LogP) is -0.486. The first-order chi connectivity index (χ1) is 6.59. The molecule has 0 saturated carbocycles. The molecule has 15 heavy (non-hydrogen) atoms. The molecule has 0 fully saturated rings. The fraction of sp³-hybridized carbons (Fsp3) is 0.333. The van der Waals surface area contributed by atoms with E-state index in [9.17, 15) is 0 Å². The molecule has 0 amide bonds. The average Bonchev–Trinajstić information content (AvgIpc) is 2.15. The number of nitrogens with two attached hydrogens (primary N) is 1. The number of ether oxygens (including phenoxy) is 1. The van der Waals surface area contributed by atoms with Crippen molar-refractivity contribution in [3.05, 3.63) is 24.3 Å². The third-order valence-electron chi connectivity index (χ3n) is 1.69. The van der Waals surface area contributed by atoms with E-state index in [4.69, 9.17) is 20.5 Å². The van der Waals surface area contributed by atoms with E-state index in [0.717, 1.165) is 0 Å². The van der Waals surface area contributed by atoms with Gasteiger partial charge in [0.1, 0.15) is 12.4 Å². The molecule has 4 nitrogen and oxygen atoms in total. The van der Waals surface area contributed by atoms with Crippen molar-refractivity contribution in [3.8, 4) is 5.75 Å². The molecule has 0 spiro atoms. The molecule has 84 valence electrons. The minimum atomic E-state index is -1.43. The summed E-state index contributed by atoms with van der Waals surface area (Å²) in [6, 6.07) is 6.54. The summed E-state index contributed by atoms with van der Waals surface area (Å²) in [7, 11) is -1.43. The Balaban J connectivity index is 0.00000196. The second kappa shape index (κ2) is 6.69. The number of hydrogen-bond donors (Lipinski definition) is 3. The van der Waals surface area contributed by atoms with Gasteiger partial charge in [-0.05, 0) is 24.5 Å². The summed E-state index contributed by atoms with van der Waals surface area (Å²) in [4.78, 5) is 0. The maximum absolute atomic E-state index is 8.83. The first kappa shape index (κ1) is 14.3. The van der Waals surface area contributed by atoms with E-state index in [1.165, 1.54) is 0 Å². The Morgan fingerprint density at radius 1 is 1.33 bits per heavy atom. The van der Waals surface area contributed by atoms with Gasteiger partial charge in [-0.25, -0.2) is 0 Å². The highest BCUT2D eigenvalue weighted by Gasteiger charge is 2.09. The van der Waals surface area contributed by atoms with Crippen LogP contribution < -0.4 is 15.9 Å². The summed E-state index contributed by atoms with van der Waals surface area (Å²) in [5.41, 5.74) is 5.96. The smallest absolute Gasteiger partial charge is 0.488 e. The molecule has 1 unspecified atom stereocenters. The van der Waals surface area contributed by atoms with Crippen LogP contribution >= 0.6 is 12.4 Å². The molecule has 0 aromatic heterocycles. The van der Waals surface area contributed by atoms with Crippen LogP contribution in [0, 0.1) is 0 Å². The molecule has 0 aliphatic carbocycles. The highest BCUT2D eigenvalue weighted by molar-refractivity contribution is 6.58. The van der Waals surface area contributed by atoms with Crippen molar-refractivity contribution < 1.29 is 14.8 Å². The van der Waals surface area contributed by atoms with Crippen molar-refractivity contribution in [1.82, 2.24) is 0 Å². The monoisotopic (exact) mass is 231 g/mol. The highest BCUT2D eigenvalue weighted by Crippen LogP contribution is 2.07. The van der Waals surface area contributed by atoms with Gasteiger partial charge in [0, 0.05) is 6.04 Å². The van der Waals surface area contributed by atoms with Gasteiger partial charge in [-0.1, -0.05) is 12.1 Å². The lowest BCUT2D eigenvalue weighted by Gasteiger charge is -2.08. The first-order valence-electron chi connectivity index (χ1n) is 4.44. The van der Waals surface area contributed by atoms with Gasteiger partial charge in [-0.15, -0.1) is 12.4 Å². The number of benzene rings is 1. The van der Waals surface area contributed by atoms with Crippen molar-refractivity contribution in [1.29, 1.82) is 0 Å². The van der Waals surface area contributed by atoms with Gasteiger partial charge >= 0.3 is 7.12 Å². The summed E-state index contributed by atoms with van der Waals surface area (Å²) in [5.74, 6) is 0.673. The molecule has 0 saturated heterocycles. The third-order valence-corrected chi connectivity index (χ3v) is 1.69. The van der Waals surface area contributed by atoms with Crippen LogP contribution in [0.1, 0.15) is 6.92 Å². The molecule has 1 aromatic carbocycles. The minimum Gasteiger partial charge on any atom is -0.492 e. The summed E-state index contributed by atoms with van der Waals surface area (Å²) < 4.78 is 5.31. The Morgan fingerprint density at radius 3 is 2.27 bits per heavy atom. The van der Waals surface area contributed by atoms with Crippen LogP contribution in [0.4, 0.5) is 0 Å². The SMILES string of the molecule is CC(N)COc1ccc(B(O)O)cc1.Cl. The molecule has 1 aromatic rings. The van der Waals surface area contributed by atoms with E-state index in [-0.39, 0.29) is 18.4 Å². The lowest BCUT2D eigenvalue weighted by molar-refractivity contribution is 0.296. The van der Waals surface area contributed by atoms with E-state index in [0.29, 0.717) is 17.8 Å². The lowest BCUT2D eigenvalue weighted by atomic mass is 9.80. The molecular weight excluding hydrogens is 216 g/mol. The highest BCUT2D eigenvalue weighted by atomic mass is 35.5. The van der Waals surface area contributed by atoms with Crippen LogP contribution in [-0.4, -0.2) is 29.8 Å². The number of halogens is 1. The summed E-state index contributed by atoms with van der Waals surface area (Å²) in [5, 5.41) is 17.7. The fourth-order valence-electron chi connectivity index (χ4n) is 0.964. The van der Waals surface area contributed by atoms with Crippen LogP contribution in [0.2, 0.25) is 0 Å². The van der Waals surface area contributed by atoms with Crippen molar-refractivity contribution >= 4 is 25.0 Å². The maximum Gasteiger partial charge on any atom is 0.488 e. The Bertz CT molecular complexity index is 279. The summed E-state index contributed by atoms with van der Waals surface area (Å²) in [6.45, 7) is 2.30. The summed E-state index contributed by atoms with van der Waals surface area (Å²) in [6.07, 6.45) is 0. The molecule has 4 N–H and O–H groups in total. The maximum atomic E-state index is 8.83. The van der Waals surface area contributed by atoms with E-state index in [1.54, 1.807) is 24.3 Å². The molecule has 6 heteroatoms. The molecule has 0 aliphatic rings. The second-order valence-corrected chi connectivity index (χ2v) is 3.23. The molecule has 0 heterocycles. The van der Waals surface area contributed by atoms with Gasteiger partial charge in [0.2, 0.25) is 0 Å². The third kappa shape index (κ3) is 5.04. The topological polar surface area (TPSA) is 75.7 Å². The largest absolute Gasteiger partial charge is 0.492 e. The molecular formula is C9H15BClNO3. The molecule has 1 atom stereocenters. The average molecular weight is 231 g/mol. The Labute approximate surface area is 95.6 Å². The second-order valence-electron chi connectivity index (χ2n) is 3.23. The van der Waals surface area contributed by atoms with Crippen LogP contribution in [0.5, 0.6) is 5.75 Å². The summed E-state index contributed by atoms with van der Waals surface area (Å²) >= 11 is 0. The quantitative estimate of drug-likeness (QED) is 0.612. The van der Waals surface area contributed by atoms with Crippen LogP contribution in [0.15, 0.2) is 24.3 Å². The van der Waals surface area contributed by atoms with Gasteiger partial charge in [0.05, 0.1) is 0 Å². The zero-order chi connectivity index (χ0) is 10.6. The Kier molecular flexibility index (Phi) is 6.35.